The minimum Gasteiger partial charge on any atom is -0.299 e. The average molecular weight is 295 g/mol. The van der Waals surface area contributed by atoms with Gasteiger partial charge in [-0.15, -0.1) is 0 Å². The van der Waals surface area contributed by atoms with Gasteiger partial charge in [0.1, 0.15) is 5.82 Å². The Morgan fingerprint density at radius 1 is 1.00 bits per heavy atom. The molecule has 2 aromatic rings. The Bertz CT molecular complexity index is 613. The molecule has 1 nitrogen and oxygen atoms in total. The van der Waals surface area contributed by atoms with E-state index in [1.54, 1.807) is 12.1 Å². The molecule has 2 heteroatoms. The summed E-state index contributed by atoms with van der Waals surface area (Å²) in [6, 6.07) is 17.4. The number of piperidine rings is 1. The molecule has 114 valence electrons. The summed E-state index contributed by atoms with van der Waals surface area (Å²) in [6.45, 7) is 3.31. The first kappa shape index (κ1) is 15.0. The van der Waals surface area contributed by atoms with Crippen molar-refractivity contribution in [3.05, 3.63) is 77.6 Å². The van der Waals surface area contributed by atoms with Gasteiger partial charge in [0.2, 0.25) is 0 Å². The van der Waals surface area contributed by atoms with Gasteiger partial charge in [-0.25, -0.2) is 4.39 Å². The number of rotatable bonds is 4. The second kappa shape index (κ2) is 7.37. The van der Waals surface area contributed by atoms with E-state index in [1.165, 1.54) is 24.5 Å². The molecule has 2 aromatic carbocycles. The van der Waals surface area contributed by atoms with Crippen LogP contribution in [0.4, 0.5) is 4.39 Å². The maximum absolute atomic E-state index is 13.2. The molecule has 3 rings (SSSR count). The van der Waals surface area contributed by atoms with Crippen LogP contribution in [0.15, 0.2) is 60.7 Å². The van der Waals surface area contributed by atoms with Crippen molar-refractivity contribution in [3.8, 4) is 0 Å². The molecule has 0 aliphatic carbocycles. The van der Waals surface area contributed by atoms with E-state index in [2.05, 4.69) is 47.4 Å². The summed E-state index contributed by atoms with van der Waals surface area (Å²) < 4.78 is 13.2. The van der Waals surface area contributed by atoms with Crippen LogP contribution in [-0.2, 0) is 6.54 Å². The van der Waals surface area contributed by atoms with Crippen LogP contribution < -0.4 is 0 Å². The van der Waals surface area contributed by atoms with Crippen LogP contribution in [0, 0.1) is 11.7 Å². The van der Waals surface area contributed by atoms with Crippen molar-refractivity contribution in [3.63, 3.8) is 0 Å². The Hall–Kier alpha value is -1.93. The minimum absolute atomic E-state index is 0.167. The highest BCUT2D eigenvalue weighted by Crippen LogP contribution is 2.21. The highest BCUT2D eigenvalue weighted by molar-refractivity contribution is 5.49. The fourth-order valence-electron chi connectivity index (χ4n) is 3.00. The maximum Gasteiger partial charge on any atom is 0.123 e. The van der Waals surface area contributed by atoms with Crippen molar-refractivity contribution >= 4 is 6.08 Å². The molecule has 0 amide bonds. The number of nitrogens with zero attached hydrogens (tertiary/aromatic N) is 1. The third-order valence-electron chi connectivity index (χ3n) is 4.29. The smallest absolute Gasteiger partial charge is 0.123 e. The number of benzene rings is 2. The van der Waals surface area contributed by atoms with Crippen LogP contribution in [0.25, 0.3) is 6.08 Å². The monoisotopic (exact) mass is 295 g/mol. The van der Waals surface area contributed by atoms with Crippen molar-refractivity contribution in [1.82, 2.24) is 4.90 Å². The van der Waals surface area contributed by atoms with Gasteiger partial charge in [-0.2, -0.15) is 0 Å². The van der Waals surface area contributed by atoms with Crippen molar-refractivity contribution in [1.29, 1.82) is 0 Å². The molecule has 0 unspecified atom stereocenters. The molecule has 0 bridgehead atoms. The van der Waals surface area contributed by atoms with E-state index in [-0.39, 0.29) is 5.82 Å². The van der Waals surface area contributed by atoms with Crippen LogP contribution in [0.2, 0.25) is 0 Å². The summed E-state index contributed by atoms with van der Waals surface area (Å²) in [5.41, 5.74) is 2.34. The van der Waals surface area contributed by atoms with Gasteiger partial charge in [0, 0.05) is 6.54 Å². The number of likely N-dealkylation sites (tertiary alicyclic amines) is 1. The normalized spacial score (nSPS) is 17.1. The van der Waals surface area contributed by atoms with E-state index >= 15 is 0 Å². The summed E-state index contributed by atoms with van der Waals surface area (Å²) >= 11 is 0. The molecular formula is C20H22FN. The van der Waals surface area contributed by atoms with Crippen LogP contribution in [-0.4, -0.2) is 18.0 Å². The van der Waals surface area contributed by atoms with Gasteiger partial charge in [0.15, 0.2) is 0 Å². The third-order valence-corrected chi connectivity index (χ3v) is 4.29. The highest BCUT2D eigenvalue weighted by atomic mass is 19.1. The van der Waals surface area contributed by atoms with E-state index in [9.17, 15) is 4.39 Å². The third kappa shape index (κ3) is 4.28. The van der Waals surface area contributed by atoms with Crippen LogP contribution in [0.3, 0.4) is 0 Å². The molecule has 1 aliphatic heterocycles. The van der Waals surface area contributed by atoms with Gasteiger partial charge in [0.25, 0.3) is 0 Å². The van der Waals surface area contributed by atoms with Gasteiger partial charge in [-0.05, 0) is 55.1 Å². The van der Waals surface area contributed by atoms with Gasteiger partial charge in [-0.1, -0.05) is 54.6 Å². The van der Waals surface area contributed by atoms with Crippen LogP contribution >= 0.6 is 0 Å². The molecule has 1 heterocycles. The number of halogens is 1. The molecule has 1 aliphatic rings. The Labute approximate surface area is 132 Å². The van der Waals surface area contributed by atoms with Crippen molar-refractivity contribution in [2.45, 2.75) is 19.4 Å². The molecule has 0 aromatic heterocycles. The summed E-state index contributed by atoms with van der Waals surface area (Å²) in [5, 5.41) is 0. The Morgan fingerprint density at radius 2 is 1.77 bits per heavy atom. The molecule has 0 radical (unpaired) electrons. The number of hydrogen-bond acceptors (Lipinski definition) is 1. The second-order valence-corrected chi connectivity index (χ2v) is 6.01. The Kier molecular flexibility index (Phi) is 5.02. The average Bonchev–Trinajstić information content (AvgIpc) is 2.55. The molecule has 22 heavy (non-hydrogen) atoms. The van der Waals surface area contributed by atoms with Gasteiger partial charge in [0.05, 0.1) is 0 Å². The lowest BCUT2D eigenvalue weighted by atomic mass is 9.95. The minimum atomic E-state index is -0.167. The second-order valence-electron chi connectivity index (χ2n) is 6.01. The highest BCUT2D eigenvalue weighted by Gasteiger charge is 2.17. The predicted molar refractivity (Wildman–Crippen MR) is 89.9 cm³/mol. The zero-order valence-corrected chi connectivity index (χ0v) is 12.8. The van der Waals surface area contributed by atoms with Crippen molar-refractivity contribution in [2.75, 3.05) is 13.1 Å². The first-order chi connectivity index (χ1) is 10.8. The maximum atomic E-state index is 13.2. The van der Waals surface area contributed by atoms with E-state index in [4.69, 9.17) is 0 Å². The summed E-state index contributed by atoms with van der Waals surface area (Å²) in [5.74, 6) is 0.440. The standard InChI is InChI=1S/C20H22FN/c21-20-8-4-7-18(15-20)10-9-17-11-13-22(14-12-17)16-19-5-2-1-3-6-19/h1-10,15,17H,11-14,16H2. The largest absolute Gasteiger partial charge is 0.299 e. The Morgan fingerprint density at radius 3 is 2.50 bits per heavy atom. The van der Waals surface area contributed by atoms with Gasteiger partial charge in [-0.3, -0.25) is 4.90 Å². The lowest BCUT2D eigenvalue weighted by Gasteiger charge is -2.30. The SMILES string of the molecule is Fc1cccc(C=CC2CCN(Cc3ccccc3)CC2)c1. The fraction of sp³-hybridized carbons (Fsp3) is 0.300. The van der Waals surface area contributed by atoms with Crippen LogP contribution in [0.1, 0.15) is 24.0 Å². The van der Waals surface area contributed by atoms with E-state index < -0.39 is 0 Å². The van der Waals surface area contributed by atoms with Gasteiger partial charge < -0.3 is 0 Å². The van der Waals surface area contributed by atoms with Crippen LogP contribution in [0.5, 0.6) is 0 Å². The predicted octanol–water partition coefficient (Wildman–Crippen LogP) is 4.75. The summed E-state index contributed by atoms with van der Waals surface area (Å²) in [6.07, 6.45) is 6.66. The lowest BCUT2D eigenvalue weighted by molar-refractivity contribution is 0.196. The molecule has 0 N–H and O–H groups in total. The van der Waals surface area contributed by atoms with Crippen molar-refractivity contribution < 1.29 is 4.39 Å². The van der Waals surface area contributed by atoms with E-state index in [0.29, 0.717) is 5.92 Å². The fourth-order valence-corrected chi connectivity index (χ4v) is 3.00. The molecule has 1 saturated heterocycles. The summed E-state index contributed by atoms with van der Waals surface area (Å²) in [7, 11) is 0. The van der Waals surface area contributed by atoms with Crippen molar-refractivity contribution in [2.24, 2.45) is 5.92 Å². The first-order valence-electron chi connectivity index (χ1n) is 8.00. The molecule has 1 fully saturated rings. The Balaban J connectivity index is 1.49. The molecule has 0 spiro atoms. The summed E-state index contributed by atoms with van der Waals surface area (Å²) in [4.78, 5) is 2.52. The zero-order valence-electron chi connectivity index (χ0n) is 12.8. The molecule has 0 saturated carbocycles. The quantitative estimate of drug-likeness (QED) is 0.786. The molecule has 0 atom stereocenters. The molecular weight excluding hydrogens is 273 g/mol. The topological polar surface area (TPSA) is 3.24 Å². The van der Waals surface area contributed by atoms with E-state index in [1.807, 2.05) is 6.07 Å². The number of allylic oxidation sites excluding steroid dienone is 1. The van der Waals surface area contributed by atoms with E-state index in [0.717, 1.165) is 25.2 Å². The first-order valence-corrected chi connectivity index (χ1v) is 8.00. The van der Waals surface area contributed by atoms with Gasteiger partial charge >= 0.3 is 0 Å². The zero-order chi connectivity index (χ0) is 15.2. The number of hydrogen-bond donors (Lipinski definition) is 0. The lowest BCUT2D eigenvalue weighted by Crippen LogP contribution is -2.32.